The first-order valence-electron chi connectivity index (χ1n) is 7.02. The second-order valence-electron chi connectivity index (χ2n) is 5.62. The fourth-order valence-corrected chi connectivity index (χ4v) is 2.03. The first kappa shape index (κ1) is 17.1. The van der Waals surface area contributed by atoms with Gasteiger partial charge in [0.1, 0.15) is 11.6 Å². The van der Waals surface area contributed by atoms with Crippen LogP contribution in [0, 0.1) is 11.3 Å². The van der Waals surface area contributed by atoms with Gasteiger partial charge in [-0.3, -0.25) is 9.59 Å². The van der Waals surface area contributed by atoms with Crippen molar-refractivity contribution < 1.29 is 9.59 Å². The predicted octanol–water partition coefficient (Wildman–Crippen LogP) is 4.33. The van der Waals surface area contributed by atoms with Crippen molar-refractivity contribution in [2.45, 2.75) is 66.2 Å². The highest BCUT2D eigenvalue weighted by molar-refractivity contribution is 5.82. The van der Waals surface area contributed by atoms with Gasteiger partial charge in [0.05, 0.1) is 0 Å². The summed E-state index contributed by atoms with van der Waals surface area (Å²) in [6.45, 7) is 11.4. The van der Waals surface area contributed by atoms with Gasteiger partial charge in [0, 0.05) is 17.8 Å². The van der Waals surface area contributed by atoms with E-state index in [0.717, 1.165) is 25.7 Å². The molecule has 0 saturated heterocycles. The smallest absolute Gasteiger partial charge is 0.135 e. The zero-order valence-electron chi connectivity index (χ0n) is 12.4. The second kappa shape index (κ2) is 8.23. The molecule has 0 aromatic carbocycles. The number of ketones is 2. The number of hydrogen-bond acceptors (Lipinski definition) is 2. The molecule has 0 radical (unpaired) electrons. The van der Waals surface area contributed by atoms with Crippen molar-refractivity contribution in [3.8, 4) is 0 Å². The highest BCUT2D eigenvalue weighted by Gasteiger charge is 2.29. The van der Waals surface area contributed by atoms with Gasteiger partial charge in [-0.15, -0.1) is 6.58 Å². The number of allylic oxidation sites excluding steroid dienone is 1. The summed E-state index contributed by atoms with van der Waals surface area (Å²) in [5, 5.41) is 0. The van der Waals surface area contributed by atoms with Gasteiger partial charge in [0.15, 0.2) is 0 Å². The Morgan fingerprint density at radius 1 is 1.39 bits per heavy atom. The molecule has 0 spiro atoms. The lowest BCUT2D eigenvalue weighted by Crippen LogP contribution is -2.26. The van der Waals surface area contributed by atoms with Crippen molar-refractivity contribution in [1.82, 2.24) is 0 Å². The molecule has 0 saturated carbocycles. The average molecular weight is 252 g/mol. The van der Waals surface area contributed by atoms with E-state index in [-0.39, 0.29) is 17.1 Å². The highest BCUT2D eigenvalue weighted by Crippen LogP contribution is 2.31. The van der Waals surface area contributed by atoms with Crippen LogP contribution in [-0.4, -0.2) is 11.6 Å². The van der Waals surface area contributed by atoms with Gasteiger partial charge in [-0.1, -0.05) is 33.3 Å². The van der Waals surface area contributed by atoms with Crippen LogP contribution in [0.25, 0.3) is 0 Å². The van der Waals surface area contributed by atoms with Crippen LogP contribution in [0.4, 0.5) is 0 Å². The second-order valence-corrected chi connectivity index (χ2v) is 5.62. The maximum atomic E-state index is 11.8. The van der Waals surface area contributed by atoms with Crippen LogP contribution in [0.2, 0.25) is 0 Å². The van der Waals surface area contributed by atoms with Gasteiger partial charge >= 0.3 is 0 Å². The fourth-order valence-electron chi connectivity index (χ4n) is 2.03. The molecule has 2 atom stereocenters. The quantitative estimate of drug-likeness (QED) is 0.542. The van der Waals surface area contributed by atoms with Gasteiger partial charge < -0.3 is 0 Å². The average Bonchev–Trinajstić information content (AvgIpc) is 2.33. The number of carbonyl (C=O) groups is 2. The van der Waals surface area contributed by atoms with Crippen molar-refractivity contribution in [1.29, 1.82) is 0 Å². The van der Waals surface area contributed by atoms with Crippen LogP contribution in [0.3, 0.4) is 0 Å². The van der Waals surface area contributed by atoms with Crippen LogP contribution in [0.15, 0.2) is 12.7 Å². The van der Waals surface area contributed by atoms with E-state index in [1.165, 1.54) is 0 Å². The van der Waals surface area contributed by atoms with Gasteiger partial charge in [-0.05, 0) is 32.6 Å². The van der Waals surface area contributed by atoms with Crippen molar-refractivity contribution in [3.63, 3.8) is 0 Å². The number of rotatable bonds is 10. The number of unbranched alkanes of at least 4 members (excludes halogenated alkanes) is 1. The van der Waals surface area contributed by atoms with E-state index in [4.69, 9.17) is 0 Å². The summed E-state index contributed by atoms with van der Waals surface area (Å²) >= 11 is 0. The zero-order chi connectivity index (χ0) is 14.2. The monoisotopic (exact) mass is 252 g/mol. The Morgan fingerprint density at radius 2 is 2.00 bits per heavy atom. The molecule has 104 valence electrons. The summed E-state index contributed by atoms with van der Waals surface area (Å²) in [5.41, 5.74) is -0.346. The molecule has 0 rings (SSSR count). The number of carbonyl (C=O) groups excluding carboxylic acids is 2. The molecule has 0 bridgehead atoms. The number of Topliss-reactive ketones (excluding diaryl/α,β-unsaturated/α-hetero) is 2. The molecular formula is C16H28O2. The van der Waals surface area contributed by atoms with Crippen molar-refractivity contribution in [2.24, 2.45) is 11.3 Å². The Hall–Kier alpha value is -0.920. The molecule has 2 nitrogen and oxygen atoms in total. The summed E-state index contributed by atoms with van der Waals surface area (Å²) in [5.74, 6) is 0.594. The minimum absolute atomic E-state index is 0.0695. The predicted molar refractivity (Wildman–Crippen MR) is 76.5 cm³/mol. The molecule has 0 aliphatic rings. The first-order chi connectivity index (χ1) is 8.37. The Morgan fingerprint density at radius 3 is 2.44 bits per heavy atom. The molecule has 0 aromatic rings. The normalized spacial score (nSPS) is 15.8. The van der Waals surface area contributed by atoms with Gasteiger partial charge in [0.25, 0.3) is 0 Å². The molecule has 0 aliphatic carbocycles. The van der Waals surface area contributed by atoms with Crippen LogP contribution >= 0.6 is 0 Å². The molecule has 0 aliphatic heterocycles. The maximum Gasteiger partial charge on any atom is 0.135 e. The van der Waals surface area contributed by atoms with Crippen LogP contribution in [0.1, 0.15) is 66.2 Å². The van der Waals surface area contributed by atoms with E-state index >= 15 is 0 Å². The minimum Gasteiger partial charge on any atom is -0.299 e. The summed E-state index contributed by atoms with van der Waals surface area (Å²) < 4.78 is 0. The van der Waals surface area contributed by atoms with E-state index in [9.17, 15) is 9.59 Å². The van der Waals surface area contributed by atoms with Crippen molar-refractivity contribution in [3.05, 3.63) is 12.7 Å². The van der Waals surface area contributed by atoms with Crippen LogP contribution < -0.4 is 0 Å². The maximum absolute atomic E-state index is 11.8. The summed E-state index contributed by atoms with van der Waals surface area (Å²) in [6, 6.07) is 0. The summed E-state index contributed by atoms with van der Waals surface area (Å²) in [6.07, 6.45) is 6.76. The SMILES string of the molecule is C=CCC(C)(CCC(C)C(=O)CCCC)C(C)=O. The molecule has 2 unspecified atom stereocenters. The van der Waals surface area contributed by atoms with Gasteiger partial charge in [-0.25, -0.2) is 0 Å². The van der Waals surface area contributed by atoms with Gasteiger partial charge in [0.2, 0.25) is 0 Å². The van der Waals surface area contributed by atoms with Crippen LogP contribution in [0.5, 0.6) is 0 Å². The largest absolute Gasteiger partial charge is 0.299 e. The molecule has 0 aromatic heterocycles. The summed E-state index contributed by atoms with van der Waals surface area (Å²) in [4.78, 5) is 23.5. The highest BCUT2D eigenvalue weighted by atomic mass is 16.1. The minimum atomic E-state index is -0.346. The molecule has 18 heavy (non-hydrogen) atoms. The van der Waals surface area contributed by atoms with E-state index in [2.05, 4.69) is 13.5 Å². The third-order valence-corrected chi connectivity index (χ3v) is 3.90. The molecule has 0 heterocycles. The third-order valence-electron chi connectivity index (χ3n) is 3.90. The zero-order valence-corrected chi connectivity index (χ0v) is 12.4. The van der Waals surface area contributed by atoms with E-state index < -0.39 is 0 Å². The van der Waals surface area contributed by atoms with E-state index in [1.54, 1.807) is 13.0 Å². The fraction of sp³-hybridized carbons (Fsp3) is 0.750. The molecule has 0 N–H and O–H groups in total. The molecule has 0 amide bonds. The lowest BCUT2D eigenvalue weighted by atomic mass is 9.76. The van der Waals surface area contributed by atoms with E-state index in [0.29, 0.717) is 18.6 Å². The Bertz CT molecular complexity index is 293. The molecule has 0 fully saturated rings. The Labute approximate surface area is 112 Å². The van der Waals surface area contributed by atoms with Crippen molar-refractivity contribution in [2.75, 3.05) is 0 Å². The summed E-state index contributed by atoms with van der Waals surface area (Å²) in [7, 11) is 0. The topological polar surface area (TPSA) is 34.1 Å². The van der Waals surface area contributed by atoms with Gasteiger partial charge in [-0.2, -0.15) is 0 Å². The third kappa shape index (κ3) is 5.61. The van der Waals surface area contributed by atoms with Crippen molar-refractivity contribution >= 4 is 11.6 Å². The first-order valence-corrected chi connectivity index (χ1v) is 7.02. The van der Waals surface area contributed by atoms with E-state index in [1.807, 2.05) is 13.8 Å². The standard InChI is InChI=1S/C16H28O2/c1-6-8-9-15(18)13(3)10-12-16(5,11-7-2)14(4)17/h7,13H,2,6,8-12H2,1,3-5H3. The Kier molecular flexibility index (Phi) is 7.81. The molecular weight excluding hydrogens is 224 g/mol. The lowest BCUT2D eigenvalue weighted by molar-refractivity contribution is -0.127. The van der Waals surface area contributed by atoms with Crippen LogP contribution in [-0.2, 0) is 9.59 Å². The lowest BCUT2D eigenvalue weighted by Gasteiger charge is -2.26. The Balaban J connectivity index is 4.31. The molecule has 2 heteroatoms. The number of hydrogen-bond donors (Lipinski definition) is 0.